The number of rotatable bonds is 3. The van der Waals surface area contributed by atoms with E-state index in [2.05, 4.69) is 16.9 Å². The van der Waals surface area contributed by atoms with Crippen LogP contribution in [0.2, 0.25) is 0 Å². The summed E-state index contributed by atoms with van der Waals surface area (Å²) >= 11 is 0. The highest BCUT2D eigenvalue weighted by Crippen LogP contribution is 2.39. The zero-order valence-corrected chi connectivity index (χ0v) is 10.4. The summed E-state index contributed by atoms with van der Waals surface area (Å²) in [5.74, 6) is 0.0125. The Morgan fingerprint density at radius 1 is 1.61 bits per heavy atom. The van der Waals surface area contributed by atoms with Crippen LogP contribution in [-0.4, -0.2) is 48.8 Å². The number of hydrogen-bond acceptors (Lipinski definition) is 4. The number of ether oxygens (including phenoxy) is 2. The molecule has 18 heavy (non-hydrogen) atoms. The molecule has 0 aromatic carbocycles. The Morgan fingerprint density at radius 2 is 2.44 bits per heavy atom. The van der Waals surface area contributed by atoms with Crippen molar-refractivity contribution in [3.63, 3.8) is 0 Å². The minimum atomic E-state index is -0.406. The van der Waals surface area contributed by atoms with Gasteiger partial charge < -0.3 is 14.4 Å². The van der Waals surface area contributed by atoms with Gasteiger partial charge in [0.05, 0.1) is 12.2 Å². The first kappa shape index (κ1) is 11.9. The normalized spacial score (nSPS) is 26.2. The monoisotopic (exact) mass is 252 g/mol. The summed E-state index contributed by atoms with van der Waals surface area (Å²) in [7, 11) is 2.07. The molecule has 4 nitrogen and oxygen atoms in total. The van der Waals surface area contributed by atoms with E-state index in [0.717, 1.165) is 26.1 Å². The van der Waals surface area contributed by atoms with Gasteiger partial charge in [-0.3, -0.25) is 0 Å². The number of pyridine rings is 1. The van der Waals surface area contributed by atoms with E-state index in [1.165, 1.54) is 12.3 Å². The van der Waals surface area contributed by atoms with Crippen molar-refractivity contribution in [1.82, 2.24) is 9.88 Å². The molecule has 3 rings (SSSR count). The summed E-state index contributed by atoms with van der Waals surface area (Å²) in [6.45, 7) is 3.12. The standard InChI is InChI=1S/C13H17FN2O2/c1-16-8-13(9-16)10(4-6-18-13)7-17-12-11(14)3-2-5-15-12/h2-3,5,10H,4,6-9H2,1H3/t10-/m0/s1. The molecule has 0 saturated carbocycles. The predicted molar refractivity (Wildman–Crippen MR) is 64.0 cm³/mol. The van der Waals surface area contributed by atoms with Crippen LogP contribution >= 0.6 is 0 Å². The average molecular weight is 252 g/mol. The molecule has 0 radical (unpaired) electrons. The van der Waals surface area contributed by atoms with Crippen molar-refractivity contribution in [2.75, 3.05) is 33.4 Å². The van der Waals surface area contributed by atoms with Crippen LogP contribution in [0.5, 0.6) is 5.88 Å². The van der Waals surface area contributed by atoms with Gasteiger partial charge in [-0.2, -0.15) is 0 Å². The van der Waals surface area contributed by atoms with Crippen LogP contribution in [0.4, 0.5) is 4.39 Å². The van der Waals surface area contributed by atoms with Gasteiger partial charge in [-0.05, 0) is 25.6 Å². The van der Waals surface area contributed by atoms with Gasteiger partial charge in [-0.15, -0.1) is 0 Å². The van der Waals surface area contributed by atoms with Crippen molar-refractivity contribution in [3.05, 3.63) is 24.1 Å². The Morgan fingerprint density at radius 3 is 3.17 bits per heavy atom. The van der Waals surface area contributed by atoms with Gasteiger partial charge in [-0.1, -0.05) is 0 Å². The first-order valence-corrected chi connectivity index (χ1v) is 6.25. The first-order chi connectivity index (χ1) is 8.70. The van der Waals surface area contributed by atoms with Crippen molar-refractivity contribution in [1.29, 1.82) is 0 Å². The van der Waals surface area contributed by atoms with E-state index >= 15 is 0 Å². The van der Waals surface area contributed by atoms with Gasteiger partial charge >= 0.3 is 0 Å². The van der Waals surface area contributed by atoms with Gasteiger partial charge in [0.2, 0.25) is 5.88 Å². The quantitative estimate of drug-likeness (QED) is 0.812. The summed E-state index contributed by atoms with van der Waals surface area (Å²) in [4.78, 5) is 6.12. The van der Waals surface area contributed by atoms with Crippen LogP contribution in [0, 0.1) is 11.7 Å². The average Bonchev–Trinajstić information content (AvgIpc) is 2.72. The highest BCUT2D eigenvalue weighted by atomic mass is 19.1. The zero-order valence-electron chi connectivity index (χ0n) is 10.4. The second kappa shape index (κ2) is 4.48. The molecule has 0 N–H and O–H groups in total. The summed E-state index contributed by atoms with van der Waals surface area (Å²) in [6, 6.07) is 2.92. The van der Waals surface area contributed by atoms with E-state index in [0.29, 0.717) is 12.5 Å². The Kier molecular flexibility index (Phi) is 2.95. The molecular formula is C13H17FN2O2. The number of likely N-dealkylation sites (tertiary alicyclic amines) is 1. The van der Waals surface area contributed by atoms with E-state index in [1.807, 2.05) is 0 Å². The van der Waals surface area contributed by atoms with E-state index < -0.39 is 5.82 Å². The van der Waals surface area contributed by atoms with Crippen LogP contribution in [0.25, 0.3) is 0 Å². The molecule has 5 heteroatoms. The lowest BCUT2D eigenvalue weighted by Crippen LogP contribution is -2.63. The summed E-state index contributed by atoms with van der Waals surface area (Å²) < 4.78 is 24.7. The van der Waals surface area contributed by atoms with E-state index in [4.69, 9.17) is 9.47 Å². The van der Waals surface area contributed by atoms with Crippen molar-refractivity contribution >= 4 is 0 Å². The minimum absolute atomic E-state index is 0.0694. The van der Waals surface area contributed by atoms with Crippen molar-refractivity contribution in [2.24, 2.45) is 5.92 Å². The topological polar surface area (TPSA) is 34.6 Å². The van der Waals surface area contributed by atoms with E-state index in [-0.39, 0.29) is 11.5 Å². The minimum Gasteiger partial charge on any atom is -0.475 e. The van der Waals surface area contributed by atoms with Crippen LogP contribution in [0.3, 0.4) is 0 Å². The number of aromatic nitrogens is 1. The van der Waals surface area contributed by atoms with Crippen LogP contribution in [0.1, 0.15) is 6.42 Å². The third-order valence-corrected chi connectivity index (χ3v) is 3.82. The number of halogens is 1. The van der Waals surface area contributed by atoms with E-state index in [9.17, 15) is 4.39 Å². The van der Waals surface area contributed by atoms with Gasteiger partial charge in [0.1, 0.15) is 0 Å². The maximum atomic E-state index is 13.4. The van der Waals surface area contributed by atoms with Crippen LogP contribution in [0.15, 0.2) is 18.3 Å². The molecule has 1 spiro atoms. The van der Waals surface area contributed by atoms with Gasteiger partial charge in [0.15, 0.2) is 5.82 Å². The number of nitrogens with zero attached hydrogens (tertiary/aromatic N) is 2. The van der Waals surface area contributed by atoms with Crippen LogP contribution < -0.4 is 4.74 Å². The Balaban J connectivity index is 1.62. The smallest absolute Gasteiger partial charge is 0.250 e. The number of likely N-dealkylation sites (N-methyl/N-ethyl adjacent to an activating group) is 1. The zero-order chi connectivity index (χ0) is 12.6. The molecule has 0 unspecified atom stereocenters. The molecule has 0 amide bonds. The fraction of sp³-hybridized carbons (Fsp3) is 0.615. The maximum absolute atomic E-state index is 13.4. The van der Waals surface area contributed by atoms with Gasteiger partial charge in [0, 0.05) is 31.8 Å². The molecule has 2 fully saturated rings. The molecule has 0 aliphatic carbocycles. The summed E-state index contributed by atoms with van der Waals surface area (Å²) in [5.41, 5.74) is -0.0694. The molecule has 0 bridgehead atoms. The molecule has 2 aliphatic heterocycles. The molecule has 1 aromatic rings. The fourth-order valence-corrected chi connectivity index (χ4v) is 2.89. The molecular weight excluding hydrogens is 235 g/mol. The lowest BCUT2D eigenvalue weighted by atomic mass is 9.82. The molecule has 3 heterocycles. The molecule has 2 saturated heterocycles. The number of hydrogen-bond donors (Lipinski definition) is 0. The third-order valence-electron chi connectivity index (χ3n) is 3.82. The van der Waals surface area contributed by atoms with Crippen molar-refractivity contribution < 1.29 is 13.9 Å². The van der Waals surface area contributed by atoms with Crippen molar-refractivity contribution in [3.8, 4) is 5.88 Å². The maximum Gasteiger partial charge on any atom is 0.250 e. The van der Waals surface area contributed by atoms with E-state index in [1.54, 1.807) is 6.07 Å². The molecule has 98 valence electrons. The van der Waals surface area contributed by atoms with Gasteiger partial charge in [-0.25, -0.2) is 9.37 Å². The third kappa shape index (κ3) is 1.97. The van der Waals surface area contributed by atoms with Crippen molar-refractivity contribution in [2.45, 2.75) is 12.0 Å². The van der Waals surface area contributed by atoms with Crippen LogP contribution in [-0.2, 0) is 4.74 Å². The summed E-state index contributed by atoms with van der Waals surface area (Å²) in [5, 5.41) is 0. The highest BCUT2D eigenvalue weighted by molar-refractivity contribution is 5.13. The summed E-state index contributed by atoms with van der Waals surface area (Å²) in [6.07, 6.45) is 2.51. The highest BCUT2D eigenvalue weighted by Gasteiger charge is 2.52. The Hall–Kier alpha value is -1.20. The molecule has 2 aliphatic rings. The molecule has 1 aromatic heterocycles. The predicted octanol–water partition coefficient (Wildman–Crippen LogP) is 1.32. The SMILES string of the molecule is CN1CC2(C1)OCC[C@H]2COc1ncccc1F. The Labute approximate surface area is 106 Å². The van der Waals surface area contributed by atoms with Gasteiger partial charge in [0.25, 0.3) is 0 Å². The largest absolute Gasteiger partial charge is 0.475 e. The second-order valence-corrected chi connectivity index (χ2v) is 5.17. The lowest BCUT2D eigenvalue weighted by molar-refractivity contribution is -0.128. The fourth-order valence-electron chi connectivity index (χ4n) is 2.89. The Bertz CT molecular complexity index is 435. The first-order valence-electron chi connectivity index (χ1n) is 6.25. The molecule has 1 atom stereocenters. The lowest BCUT2D eigenvalue weighted by Gasteiger charge is -2.48. The second-order valence-electron chi connectivity index (χ2n) is 5.17.